The quantitative estimate of drug-likeness (QED) is 0.0669. The van der Waals surface area contributed by atoms with Gasteiger partial charge in [-0.25, -0.2) is 0 Å². The van der Waals surface area contributed by atoms with Crippen molar-refractivity contribution in [3.05, 3.63) is 546 Å². The molecule has 0 fully saturated rings. The Morgan fingerprint density at radius 3 is 0.472 bits per heavy atom. The molecule has 0 bridgehead atoms. The van der Waals surface area contributed by atoms with Crippen LogP contribution >= 0.6 is 45.3 Å². The first kappa shape index (κ1) is 86.1. The van der Waals surface area contributed by atoms with Gasteiger partial charge in [0.05, 0.1) is 0 Å². The molecule has 0 unspecified atom stereocenters. The highest BCUT2D eigenvalue weighted by molar-refractivity contribution is 7.27. The predicted molar refractivity (Wildman–Crippen MR) is 614 cm³/mol. The van der Waals surface area contributed by atoms with Crippen LogP contribution in [-0.2, 0) is 0 Å². The topological polar surface area (TPSA) is 19.4 Å². The number of fused-ring (bicyclic) bond motifs is 12. The maximum atomic E-state index is 2.36. The average molecular weight is 1890 g/mol. The van der Waals surface area contributed by atoms with E-state index in [1.54, 1.807) is 0 Å². The van der Waals surface area contributed by atoms with Crippen molar-refractivity contribution >= 4 is 228 Å². The van der Waals surface area contributed by atoms with Gasteiger partial charge in [0.1, 0.15) is 0 Å². The minimum Gasteiger partial charge on any atom is -0.311 e. The van der Waals surface area contributed by atoms with Crippen LogP contribution in [0.2, 0.25) is 0 Å². The number of hydrogen-bond acceptors (Lipinski definition) is 10. The number of hydrogen-bond donors (Lipinski definition) is 0. The van der Waals surface area contributed by atoms with Gasteiger partial charge < -0.3 is 29.4 Å². The molecule has 0 saturated carbocycles. The molecule has 6 nitrogen and oxygen atoms in total. The number of para-hydroxylation sites is 10. The molecule has 4 aromatic heterocycles. The van der Waals surface area contributed by atoms with E-state index in [9.17, 15) is 0 Å². The van der Waals surface area contributed by atoms with Crippen molar-refractivity contribution in [3.63, 3.8) is 0 Å². The standard InChI is InChI=1S/2C66H45N3S2/c1-6-16-50(17-7-1)67(55-32-26-46(27-33-55)48-30-40-63-61(42-48)59-38-36-57(44-65(59)70-63)68(51-18-8-2-9-19-51)52-20-10-3-11-21-52)56-34-28-47(29-35-56)49-31-41-64-62(43-49)60-39-37-58(45-66(60)71-64)69(53-22-12-4-13-23-53)54-24-14-5-15-25-54;1-6-16-50(17-7-1)67(55-32-26-46(27-33-55)48-30-38-59-61-44-57(36-40-63(61)70-65(59)42-48)68(51-18-8-2-9-19-51)52-20-10-3-11-21-52)56-34-28-47(29-35-56)49-31-39-60-62-45-58(37-41-64(62)71-66(60)43-49)69(53-22-12-4-13-23-53)54-24-14-5-15-25-54/h2*1-45H. The Labute approximate surface area is 841 Å². The molecule has 4 heterocycles. The minimum atomic E-state index is 1.10. The molecule has 0 aliphatic rings. The highest BCUT2D eigenvalue weighted by Crippen LogP contribution is 2.50. The SMILES string of the molecule is c1ccc(N(c2ccc(-c3ccc4c(c3)sc3ccc(N(c5ccccc5)c5ccccc5)cc34)cc2)c2ccc(-c3ccc4c(c3)sc3ccc(N(c5ccccc5)c5ccccc5)cc34)cc2)cc1.c1ccc(N(c2ccc(-c3ccc4sc5cc(N(c6ccccc6)c6ccccc6)ccc5c4c3)cc2)c2ccc(-c3ccc4sc5cc(N(c6ccccc6)c6ccccc6)ccc5c4c3)cc2)cc1. The average Bonchev–Trinajstić information content (AvgIpc) is 1.63. The van der Waals surface area contributed by atoms with Gasteiger partial charge >= 0.3 is 0 Å². The molecular formula is C132H90N6S4. The van der Waals surface area contributed by atoms with E-state index in [4.69, 9.17) is 0 Å². The number of anilines is 18. The van der Waals surface area contributed by atoms with Crippen molar-refractivity contribution in [1.82, 2.24) is 0 Å². The van der Waals surface area contributed by atoms with Crippen molar-refractivity contribution in [2.75, 3.05) is 29.4 Å². The summed E-state index contributed by atoms with van der Waals surface area (Å²) in [5, 5.41) is 10.2. The van der Waals surface area contributed by atoms with Crippen LogP contribution < -0.4 is 29.4 Å². The van der Waals surface area contributed by atoms with E-state index in [1.165, 1.54) is 125 Å². The Morgan fingerprint density at radius 1 is 0.0915 bits per heavy atom. The summed E-state index contributed by atoms with van der Waals surface area (Å²) in [4.78, 5) is 14.0. The summed E-state index contributed by atoms with van der Waals surface area (Å²) in [6.07, 6.45) is 0. The summed E-state index contributed by atoms with van der Waals surface area (Å²) in [6, 6.07) is 198. The fourth-order valence-electron chi connectivity index (χ4n) is 20.0. The third kappa shape index (κ3) is 17.0. The molecule has 0 N–H and O–H groups in total. The number of nitrogens with zero attached hydrogens (tertiary/aromatic N) is 6. The highest BCUT2D eigenvalue weighted by Gasteiger charge is 2.24. The molecule has 22 aromatic carbocycles. The second-order valence-corrected chi connectivity index (χ2v) is 39.9. The lowest BCUT2D eigenvalue weighted by Crippen LogP contribution is -2.09. The Hall–Kier alpha value is -17.5. The second kappa shape index (κ2) is 38.1. The van der Waals surface area contributed by atoms with E-state index >= 15 is 0 Å². The first-order valence-corrected chi connectivity index (χ1v) is 51.2. The van der Waals surface area contributed by atoms with Gasteiger partial charge in [0.2, 0.25) is 0 Å². The fraction of sp³-hybridized carbons (Fsp3) is 0. The van der Waals surface area contributed by atoms with Gasteiger partial charge in [0.15, 0.2) is 0 Å². The maximum Gasteiger partial charge on any atom is 0.0476 e. The molecular weight excluding hydrogens is 1800 g/mol. The molecule has 0 amide bonds. The fourth-order valence-corrected chi connectivity index (χ4v) is 24.5. The molecule has 142 heavy (non-hydrogen) atoms. The van der Waals surface area contributed by atoms with Crippen LogP contribution in [0.25, 0.3) is 125 Å². The molecule has 0 radical (unpaired) electrons. The Morgan fingerprint density at radius 2 is 0.239 bits per heavy atom. The monoisotopic (exact) mass is 1890 g/mol. The summed E-state index contributed by atoms with van der Waals surface area (Å²) in [5.74, 6) is 0. The Kier molecular flexibility index (Phi) is 23.1. The Bertz CT molecular complexity index is 8340. The van der Waals surface area contributed by atoms with Gasteiger partial charge in [-0.3, -0.25) is 0 Å². The lowest BCUT2D eigenvalue weighted by atomic mass is 10.0. The van der Waals surface area contributed by atoms with E-state index in [0.717, 1.165) is 102 Å². The van der Waals surface area contributed by atoms with Crippen molar-refractivity contribution in [2.45, 2.75) is 0 Å². The third-order valence-electron chi connectivity index (χ3n) is 26.8. The van der Waals surface area contributed by atoms with Gasteiger partial charge in [-0.05, 0) is 311 Å². The van der Waals surface area contributed by atoms with Crippen molar-refractivity contribution in [3.8, 4) is 44.5 Å². The van der Waals surface area contributed by atoms with E-state index in [0.29, 0.717) is 0 Å². The van der Waals surface area contributed by atoms with Crippen LogP contribution in [-0.4, -0.2) is 0 Å². The van der Waals surface area contributed by atoms with E-state index in [1.807, 2.05) is 45.3 Å². The van der Waals surface area contributed by atoms with Crippen LogP contribution in [0.5, 0.6) is 0 Å². The Balaban J connectivity index is 0.000000149. The number of rotatable bonds is 22. The van der Waals surface area contributed by atoms with Gasteiger partial charge in [0, 0.05) is 183 Å². The van der Waals surface area contributed by atoms with Crippen LogP contribution in [0, 0.1) is 0 Å². The molecule has 0 aliphatic carbocycles. The van der Waals surface area contributed by atoms with Crippen LogP contribution in [0.15, 0.2) is 546 Å². The first-order chi connectivity index (χ1) is 70.4. The predicted octanol–water partition coefficient (Wildman–Crippen LogP) is 40.3. The van der Waals surface area contributed by atoms with Crippen molar-refractivity contribution in [1.29, 1.82) is 0 Å². The van der Waals surface area contributed by atoms with Crippen molar-refractivity contribution in [2.24, 2.45) is 0 Å². The second-order valence-electron chi connectivity index (χ2n) is 35.5. The largest absolute Gasteiger partial charge is 0.311 e. The molecule has 26 aromatic rings. The molecule has 26 rings (SSSR count). The van der Waals surface area contributed by atoms with Gasteiger partial charge in [-0.15, -0.1) is 45.3 Å². The summed E-state index contributed by atoms with van der Waals surface area (Å²) >= 11 is 7.43. The van der Waals surface area contributed by atoms with Gasteiger partial charge in [-0.1, -0.05) is 279 Å². The molecule has 0 saturated heterocycles. The van der Waals surface area contributed by atoms with E-state index in [2.05, 4.69) is 575 Å². The normalized spacial score (nSPS) is 11.4. The zero-order valence-corrected chi connectivity index (χ0v) is 80.5. The minimum absolute atomic E-state index is 1.10. The van der Waals surface area contributed by atoms with Crippen LogP contribution in [0.1, 0.15) is 0 Å². The smallest absolute Gasteiger partial charge is 0.0476 e. The molecule has 0 spiro atoms. The van der Waals surface area contributed by atoms with Gasteiger partial charge in [0.25, 0.3) is 0 Å². The zero-order chi connectivity index (χ0) is 94.2. The third-order valence-corrected chi connectivity index (χ3v) is 31.4. The van der Waals surface area contributed by atoms with E-state index in [-0.39, 0.29) is 0 Å². The molecule has 0 atom stereocenters. The lowest BCUT2D eigenvalue weighted by molar-refractivity contribution is 1.28. The molecule has 10 heteroatoms. The van der Waals surface area contributed by atoms with Crippen LogP contribution in [0.4, 0.5) is 102 Å². The maximum absolute atomic E-state index is 2.36. The van der Waals surface area contributed by atoms with Crippen LogP contribution in [0.3, 0.4) is 0 Å². The van der Waals surface area contributed by atoms with E-state index < -0.39 is 0 Å². The summed E-state index contributed by atoms with van der Waals surface area (Å²) in [6.45, 7) is 0. The number of thiophene rings is 4. The summed E-state index contributed by atoms with van der Waals surface area (Å²) in [5.41, 5.74) is 29.9. The van der Waals surface area contributed by atoms with Gasteiger partial charge in [-0.2, -0.15) is 0 Å². The first-order valence-electron chi connectivity index (χ1n) is 48.0. The summed E-state index contributed by atoms with van der Waals surface area (Å²) < 4.78 is 10.3. The number of benzene rings is 22. The highest BCUT2D eigenvalue weighted by atomic mass is 32.1. The summed E-state index contributed by atoms with van der Waals surface area (Å²) in [7, 11) is 0. The lowest BCUT2D eigenvalue weighted by Gasteiger charge is -2.26. The molecule has 672 valence electrons. The molecule has 0 aliphatic heterocycles. The zero-order valence-electron chi connectivity index (χ0n) is 77.3. The van der Waals surface area contributed by atoms with Crippen molar-refractivity contribution < 1.29 is 0 Å².